The number of benzene rings is 1. The van der Waals surface area contributed by atoms with Crippen molar-refractivity contribution in [1.29, 1.82) is 0 Å². The van der Waals surface area contributed by atoms with Gasteiger partial charge in [0.05, 0.1) is 18.5 Å². The largest absolute Gasteiger partial charge is 0.390 e. The third-order valence-corrected chi connectivity index (χ3v) is 5.18. The maximum atomic E-state index is 12.9. The zero-order valence-corrected chi connectivity index (χ0v) is 15.6. The Labute approximate surface area is 157 Å². The van der Waals surface area contributed by atoms with Crippen LogP contribution in [0.2, 0.25) is 0 Å². The smallest absolute Gasteiger partial charge is 0.254 e. The second-order valence-corrected chi connectivity index (χ2v) is 6.79. The van der Waals surface area contributed by atoms with Crippen molar-refractivity contribution in [2.24, 2.45) is 7.05 Å². The summed E-state index contributed by atoms with van der Waals surface area (Å²) in [6.07, 6.45) is 4.59. The molecule has 0 atom stereocenters. The summed E-state index contributed by atoms with van der Waals surface area (Å²) in [6.45, 7) is 3.92. The Bertz CT molecular complexity index is 971. The van der Waals surface area contributed by atoms with Crippen LogP contribution in [0.25, 0.3) is 11.1 Å². The van der Waals surface area contributed by atoms with E-state index in [1.807, 2.05) is 64.9 Å². The van der Waals surface area contributed by atoms with Crippen LogP contribution in [0, 0.1) is 0 Å². The van der Waals surface area contributed by atoms with Crippen molar-refractivity contribution in [1.82, 2.24) is 24.5 Å². The molecule has 27 heavy (non-hydrogen) atoms. The first-order valence-electron chi connectivity index (χ1n) is 9.17. The van der Waals surface area contributed by atoms with E-state index in [0.29, 0.717) is 24.3 Å². The third-order valence-electron chi connectivity index (χ3n) is 5.18. The SMILES string of the molecule is CCn1cc(-c2ccc(C(=O)N3CCc4c(c(CO)nn4C)C3)cc2)cn1. The molecule has 0 aliphatic carbocycles. The molecule has 7 nitrogen and oxygen atoms in total. The molecule has 0 unspecified atom stereocenters. The molecule has 3 aromatic rings. The van der Waals surface area contributed by atoms with Gasteiger partial charge in [-0.15, -0.1) is 0 Å². The Balaban J connectivity index is 1.53. The monoisotopic (exact) mass is 365 g/mol. The Morgan fingerprint density at radius 3 is 2.67 bits per heavy atom. The van der Waals surface area contributed by atoms with Crippen LogP contribution >= 0.6 is 0 Å². The number of aryl methyl sites for hydroxylation is 2. The summed E-state index contributed by atoms with van der Waals surface area (Å²) >= 11 is 0. The molecule has 1 N–H and O–H groups in total. The number of aliphatic hydroxyl groups is 1. The molecule has 0 fully saturated rings. The first kappa shape index (κ1) is 17.5. The Morgan fingerprint density at radius 1 is 1.22 bits per heavy atom. The van der Waals surface area contributed by atoms with Crippen LogP contribution in [0.5, 0.6) is 0 Å². The molecule has 1 aliphatic rings. The van der Waals surface area contributed by atoms with Crippen LogP contribution in [0.15, 0.2) is 36.7 Å². The lowest BCUT2D eigenvalue weighted by Crippen LogP contribution is -2.36. The molecule has 0 saturated carbocycles. The highest BCUT2D eigenvalue weighted by Crippen LogP contribution is 2.25. The van der Waals surface area contributed by atoms with Crippen LogP contribution in [0.1, 0.15) is 34.2 Å². The summed E-state index contributed by atoms with van der Waals surface area (Å²) in [5, 5.41) is 18.2. The van der Waals surface area contributed by atoms with Crippen LogP contribution in [0.3, 0.4) is 0 Å². The van der Waals surface area contributed by atoms with Gasteiger partial charge in [0.1, 0.15) is 0 Å². The highest BCUT2D eigenvalue weighted by atomic mass is 16.3. The van der Waals surface area contributed by atoms with Crippen molar-refractivity contribution in [3.05, 3.63) is 59.2 Å². The van der Waals surface area contributed by atoms with Crippen LogP contribution < -0.4 is 0 Å². The second kappa shape index (κ2) is 7.00. The fourth-order valence-electron chi connectivity index (χ4n) is 3.64. The van der Waals surface area contributed by atoms with Crippen molar-refractivity contribution in [3.8, 4) is 11.1 Å². The van der Waals surface area contributed by atoms with E-state index in [-0.39, 0.29) is 12.5 Å². The Hall–Kier alpha value is -2.93. The molecular weight excluding hydrogens is 342 g/mol. The zero-order chi connectivity index (χ0) is 19.0. The molecule has 0 radical (unpaired) electrons. The van der Waals surface area contributed by atoms with Crippen molar-refractivity contribution in [3.63, 3.8) is 0 Å². The maximum absolute atomic E-state index is 12.9. The van der Waals surface area contributed by atoms with Crippen molar-refractivity contribution in [2.75, 3.05) is 6.54 Å². The predicted molar refractivity (Wildman–Crippen MR) is 101 cm³/mol. The molecule has 0 spiro atoms. The Kier molecular flexibility index (Phi) is 4.53. The molecule has 4 rings (SSSR count). The second-order valence-electron chi connectivity index (χ2n) is 6.79. The van der Waals surface area contributed by atoms with Crippen LogP contribution in [-0.4, -0.2) is 42.0 Å². The van der Waals surface area contributed by atoms with Gasteiger partial charge >= 0.3 is 0 Å². The average Bonchev–Trinajstić information content (AvgIpc) is 3.32. The van der Waals surface area contributed by atoms with Crippen molar-refractivity contribution < 1.29 is 9.90 Å². The fraction of sp³-hybridized carbons (Fsp3) is 0.350. The third kappa shape index (κ3) is 3.14. The summed E-state index contributed by atoms with van der Waals surface area (Å²) in [5.41, 5.74) is 5.49. The topological polar surface area (TPSA) is 76.2 Å². The number of carbonyl (C=O) groups excluding carboxylic acids is 1. The lowest BCUT2D eigenvalue weighted by Gasteiger charge is -2.27. The van der Waals surface area contributed by atoms with E-state index in [0.717, 1.165) is 35.3 Å². The standard InChI is InChI=1S/C20H23N5O2/c1-3-25-11-16(10-21-25)14-4-6-15(7-5-14)20(27)24-9-8-19-17(12-24)18(13-26)22-23(19)2/h4-7,10-11,26H,3,8-9,12-13H2,1-2H3. The molecule has 0 saturated heterocycles. The van der Waals surface area contributed by atoms with E-state index < -0.39 is 0 Å². The molecular formula is C20H23N5O2. The molecule has 2 aromatic heterocycles. The Morgan fingerprint density at radius 2 is 2.00 bits per heavy atom. The quantitative estimate of drug-likeness (QED) is 0.767. The molecule has 140 valence electrons. The van der Waals surface area contributed by atoms with E-state index in [1.165, 1.54) is 0 Å². The van der Waals surface area contributed by atoms with Gasteiger partial charge in [-0.1, -0.05) is 12.1 Å². The minimum atomic E-state index is -0.106. The zero-order valence-electron chi connectivity index (χ0n) is 15.6. The van der Waals surface area contributed by atoms with E-state index in [9.17, 15) is 9.90 Å². The number of carbonyl (C=O) groups is 1. The number of rotatable bonds is 4. The lowest BCUT2D eigenvalue weighted by atomic mass is 10.0. The van der Waals surface area contributed by atoms with Gasteiger partial charge in [-0.05, 0) is 24.6 Å². The highest BCUT2D eigenvalue weighted by molar-refractivity contribution is 5.94. The lowest BCUT2D eigenvalue weighted by molar-refractivity contribution is 0.0732. The summed E-state index contributed by atoms with van der Waals surface area (Å²) in [6, 6.07) is 7.66. The number of fused-ring (bicyclic) bond motifs is 1. The number of nitrogens with zero attached hydrogens (tertiary/aromatic N) is 5. The normalized spacial score (nSPS) is 13.7. The molecule has 7 heteroatoms. The average molecular weight is 365 g/mol. The molecule has 1 amide bonds. The van der Waals surface area contributed by atoms with Crippen LogP contribution in [-0.2, 0) is 33.2 Å². The molecule has 1 aromatic carbocycles. The minimum absolute atomic E-state index is 0.00389. The molecule has 1 aliphatic heterocycles. The number of hydrogen-bond donors (Lipinski definition) is 1. The van der Waals surface area contributed by atoms with E-state index in [4.69, 9.17) is 0 Å². The van der Waals surface area contributed by atoms with Gasteiger partial charge in [0.15, 0.2) is 0 Å². The van der Waals surface area contributed by atoms with E-state index in [1.54, 1.807) is 0 Å². The summed E-state index contributed by atoms with van der Waals surface area (Å²) in [5.74, 6) is 0.00389. The summed E-state index contributed by atoms with van der Waals surface area (Å²) < 4.78 is 3.69. The van der Waals surface area contributed by atoms with Gasteiger partial charge in [0, 0.05) is 61.7 Å². The van der Waals surface area contributed by atoms with Crippen LogP contribution in [0.4, 0.5) is 0 Å². The predicted octanol–water partition coefficient (Wildman–Crippen LogP) is 1.99. The maximum Gasteiger partial charge on any atom is 0.254 e. The number of amides is 1. The number of hydrogen-bond acceptors (Lipinski definition) is 4. The fourth-order valence-corrected chi connectivity index (χ4v) is 3.64. The highest BCUT2D eigenvalue weighted by Gasteiger charge is 2.26. The summed E-state index contributed by atoms with van der Waals surface area (Å²) in [4.78, 5) is 14.8. The van der Waals surface area contributed by atoms with Crippen molar-refractivity contribution in [2.45, 2.75) is 33.0 Å². The summed E-state index contributed by atoms with van der Waals surface area (Å²) in [7, 11) is 1.88. The first-order chi connectivity index (χ1) is 13.1. The van der Waals surface area contributed by atoms with Gasteiger partial charge < -0.3 is 10.0 Å². The van der Waals surface area contributed by atoms with Gasteiger partial charge in [0.2, 0.25) is 0 Å². The minimum Gasteiger partial charge on any atom is -0.390 e. The van der Waals surface area contributed by atoms with Crippen molar-refractivity contribution >= 4 is 5.91 Å². The van der Waals surface area contributed by atoms with Gasteiger partial charge in [-0.25, -0.2) is 0 Å². The van der Waals surface area contributed by atoms with E-state index >= 15 is 0 Å². The number of aromatic nitrogens is 4. The van der Waals surface area contributed by atoms with Gasteiger partial charge in [0.25, 0.3) is 5.91 Å². The van der Waals surface area contributed by atoms with E-state index in [2.05, 4.69) is 10.2 Å². The van der Waals surface area contributed by atoms with Gasteiger partial charge in [-0.2, -0.15) is 10.2 Å². The first-order valence-corrected chi connectivity index (χ1v) is 9.17. The molecule has 0 bridgehead atoms. The molecule has 3 heterocycles. The van der Waals surface area contributed by atoms with Gasteiger partial charge in [-0.3, -0.25) is 14.2 Å². The number of aliphatic hydroxyl groups excluding tert-OH is 1.